The maximum atomic E-state index is 12.1. The summed E-state index contributed by atoms with van der Waals surface area (Å²) < 4.78 is 0. The Labute approximate surface area is 199 Å². The molecule has 1 aromatic carbocycles. The first kappa shape index (κ1) is 26.7. The third-order valence-corrected chi connectivity index (χ3v) is 5.42. The molecule has 1 fully saturated rings. The van der Waals surface area contributed by atoms with Crippen molar-refractivity contribution in [2.45, 2.75) is 51.5 Å². The Hall–Kier alpha value is -1.35. The Morgan fingerprint density at radius 3 is 2.63 bits per heavy atom. The Bertz CT molecular complexity index is 623. The maximum absolute atomic E-state index is 12.1. The first-order chi connectivity index (χ1) is 14.1. The molecular formula is C23H40IN5O. The zero-order valence-corrected chi connectivity index (χ0v) is 21.2. The second kappa shape index (κ2) is 15.5. The highest BCUT2D eigenvalue weighted by Crippen LogP contribution is 2.11. The van der Waals surface area contributed by atoms with Gasteiger partial charge < -0.3 is 20.4 Å². The zero-order valence-electron chi connectivity index (χ0n) is 18.9. The molecule has 30 heavy (non-hydrogen) atoms. The molecule has 1 heterocycles. The number of nitrogens with zero attached hydrogens (tertiary/aromatic N) is 3. The molecular weight excluding hydrogens is 489 g/mol. The number of carbonyl (C=O) groups is 1. The van der Waals surface area contributed by atoms with E-state index in [2.05, 4.69) is 66.9 Å². The van der Waals surface area contributed by atoms with Crippen molar-refractivity contribution in [2.75, 3.05) is 46.8 Å². The van der Waals surface area contributed by atoms with Crippen molar-refractivity contribution in [1.29, 1.82) is 0 Å². The quantitative estimate of drug-likeness (QED) is 0.212. The fourth-order valence-electron chi connectivity index (χ4n) is 3.59. The van der Waals surface area contributed by atoms with Gasteiger partial charge in [-0.2, -0.15) is 0 Å². The van der Waals surface area contributed by atoms with Gasteiger partial charge in [0.1, 0.15) is 0 Å². The van der Waals surface area contributed by atoms with Gasteiger partial charge >= 0.3 is 0 Å². The van der Waals surface area contributed by atoms with Crippen LogP contribution in [0.4, 0.5) is 0 Å². The fraction of sp³-hybridized carbons (Fsp3) is 0.652. The predicted octanol–water partition coefficient (Wildman–Crippen LogP) is 3.13. The lowest BCUT2D eigenvalue weighted by Crippen LogP contribution is -2.41. The molecule has 6 nitrogen and oxygen atoms in total. The lowest BCUT2D eigenvalue weighted by Gasteiger charge is -2.23. The van der Waals surface area contributed by atoms with Crippen molar-refractivity contribution in [3.8, 4) is 0 Å². The number of amides is 1. The number of aliphatic imine (C=N–C) groups is 1. The van der Waals surface area contributed by atoms with Gasteiger partial charge in [0, 0.05) is 38.6 Å². The summed E-state index contributed by atoms with van der Waals surface area (Å²) in [5.41, 5.74) is 1.33. The highest BCUT2D eigenvalue weighted by Gasteiger charge is 2.16. The Balaban J connectivity index is 0.00000450. The molecule has 1 aliphatic heterocycles. The standard InChI is InChI=1S/C23H39N5O.HI/c1-4-24-23(25-15-11-17-28-16-10-6-9-14-22(28)29)26-19-21(27(2)3)18-20-12-7-5-8-13-20;/h5,7-8,12-13,21H,4,6,9-11,14-19H2,1-3H3,(H2,24,25,26);1H. The molecule has 1 aromatic rings. The van der Waals surface area contributed by atoms with E-state index in [-0.39, 0.29) is 24.0 Å². The smallest absolute Gasteiger partial charge is 0.222 e. The normalized spacial score (nSPS) is 16.1. The van der Waals surface area contributed by atoms with E-state index >= 15 is 0 Å². The van der Waals surface area contributed by atoms with Crippen LogP contribution in [0.3, 0.4) is 0 Å². The largest absolute Gasteiger partial charge is 0.357 e. The number of hydrogen-bond acceptors (Lipinski definition) is 3. The van der Waals surface area contributed by atoms with E-state index in [1.54, 1.807) is 0 Å². The van der Waals surface area contributed by atoms with Gasteiger partial charge in [0.15, 0.2) is 5.96 Å². The van der Waals surface area contributed by atoms with Crippen LogP contribution in [0.15, 0.2) is 35.3 Å². The molecule has 1 amide bonds. The number of hydrogen-bond donors (Lipinski definition) is 2. The number of halogens is 1. The molecule has 2 N–H and O–H groups in total. The van der Waals surface area contributed by atoms with Crippen LogP contribution in [-0.4, -0.2) is 74.5 Å². The zero-order chi connectivity index (χ0) is 20.9. The molecule has 1 atom stereocenters. The highest BCUT2D eigenvalue weighted by atomic mass is 127. The van der Waals surface area contributed by atoms with Gasteiger partial charge in [0.05, 0.1) is 6.54 Å². The molecule has 0 aliphatic carbocycles. The second-order valence-corrected chi connectivity index (χ2v) is 8.00. The minimum atomic E-state index is 0. The monoisotopic (exact) mass is 529 g/mol. The fourth-order valence-corrected chi connectivity index (χ4v) is 3.59. The molecule has 0 aromatic heterocycles. The molecule has 0 bridgehead atoms. The predicted molar refractivity (Wildman–Crippen MR) is 137 cm³/mol. The summed E-state index contributed by atoms with van der Waals surface area (Å²) in [6.45, 7) is 6.22. The lowest BCUT2D eigenvalue weighted by molar-refractivity contribution is -0.130. The number of nitrogens with one attached hydrogen (secondary N) is 2. The minimum absolute atomic E-state index is 0. The van der Waals surface area contributed by atoms with Crippen molar-refractivity contribution in [3.63, 3.8) is 0 Å². The molecule has 1 aliphatic rings. The van der Waals surface area contributed by atoms with Crippen molar-refractivity contribution < 1.29 is 4.79 Å². The molecule has 0 saturated carbocycles. The van der Waals surface area contributed by atoms with E-state index in [1.165, 1.54) is 12.0 Å². The van der Waals surface area contributed by atoms with Gasteiger partial charge in [0.25, 0.3) is 0 Å². The van der Waals surface area contributed by atoms with Crippen molar-refractivity contribution in [2.24, 2.45) is 4.99 Å². The van der Waals surface area contributed by atoms with Crippen molar-refractivity contribution >= 4 is 35.8 Å². The molecule has 1 unspecified atom stereocenters. The summed E-state index contributed by atoms with van der Waals surface area (Å²) in [5, 5.41) is 6.77. The van der Waals surface area contributed by atoms with Crippen molar-refractivity contribution in [3.05, 3.63) is 35.9 Å². The molecule has 0 radical (unpaired) electrons. The number of guanidine groups is 1. The highest BCUT2D eigenvalue weighted by molar-refractivity contribution is 14.0. The molecule has 170 valence electrons. The number of carbonyl (C=O) groups excluding carboxylic acids is 1. The average molecular weight is 530 g/mol. The Morgan fingerprint density at radius 1 is 1.17 bits per heavy atom. The maximum Gasteiger partial charge on any atom is 0.222 e. The third-order valence-electron chi connectivity index (χ3n) is 5.42. The number of rotatable bonds is 10. The van der Waals surface area contributed by atoms with E-state index in [1.807, 2.05) is 4.90 Å². The van der Waals surface area contributed by atoms with Crippen molar-refractivity contribution in [1.82, 2.24) is 20.4 Å². The topological polar surface area (TPSA) is 60.0 Å². The lowest BCUT2D eigenvalue weighted by atomic mass is 10.1. The summed E-state index contributed by atoms with van der Waals surface area (Å²) in [4.78, 5) is 21.2. The van der Waals surface area contributed by atoms with Gasteiger partial charge in [-0.1, -0.05) is 36.8 Å². The van der Waals surface area contributed by atoms with Gasteiger partial charge in [-0.25, -0.2) is 0 Å². The number of likely N-dealkylation sites (tertiary alicyclic amines) is 1. The van der Waals surface area contributed by atoms with E-state index < -0.39 is 0 Å². The number of likely N-dealkylation sites (N-methyl/N-ethyl adjacent to an activating group) is 1. The molecule has 7 heteroatoms. The summed E-state index contributed by atoms with van der Waals surface area (Å²) >= 11 is 0. The van der Waals surface area contributed by atoms with E-state index in [0.717, 1.165) is 64.4 Å². The van der Waals surface area contributed by atoms with Crippen LogP contribution in [0, 0.1) is 0 Å². The summed E-state index contributed by atoms with van der Waals surface area (Å²) in [6.07, 6.45) is 5.99. The molecule has 0 spiro atoms. The van der Waals surface area contributed by atoms with Crippen LogP contribution in [-0.2, 0) is 11.2 Å². The van der Waals surface area contributed by atoms with Gasteiger partial charge in [-0.15, -0.1) is 24.0 Å². The average Bonchev–Trinajstić information content (AvgIpc) is 2.92. The van der Waals surface area contributed by atoms with E-state index in [0.29, 0.717) is 18.4 Å². The third kappa shape index (κ3) is 10.1. The molecule has 1 saturated heterocycles. The summed E-state index contributed by atoms with van der Waals surface area (Å²) in [5.74, 6) is 1.17. The summed E-state index contributed by atoms with van der Waals surface area (Å²) in [6, 6.07) is 10.9. The Kier molecular flexibility index (Phi) is 13.7. The second-order valence-electron chi connectivity index (χ2n) is 8.00. The van der Waals surface area contributed by atoms with E-state index in [9.17, 15) is 4.79 Å². The first-order valence-electron chi connectivity index (χ1n) is 11.1. The summed E-state index contributed by atoms with van der Waals surface area (Å²) in [7, 11) is 4.23. The van der Waals surface area contributed by atoms with Gasteiger partial charge in [-0.05, 0) is 52.3 Å². The van der Waals surface area contributed by atoms with Crippen LogP contribution < -0.4 is 10.6 Å². The number of benzene rings is 1. The van der Waals surface area contributed by atoms with Crippen LogP contribution in [0.2, 0.25) is 0 Å². The van der Waals surface area contributed by atoms with Gasteiger partial charge in [0.2, 0.25) is 5.91 Å². The Morgan fingerprint density at radius 2 is 1.93 bits per heavy atom. The van der Waals surface area contributed by atoms with Crippen LogP contribution in [0.25, 0.3) is 0 Å². The minimum Gasteiger partial charge on any atom is -0.357 e. The van der Waals surface area contributed by atoms with E-state index in [4.69, 9.17) is 4.99 Å². The van der Waals surface area contributed by atoms with Gasteiger partial charge in [-0.3, -0.25) is 9.79 Å². The first-order valence-corrected chi connectivity index (χ1v) is 11.1. The van der Waals surface area contributed by atoms with Crippen LogP contribution in [0.5, 0.6) is 0 Å². The molecule has 2 rings (SSSR count). The van der Waals surface area contributed by atoms with Crippen LogP contribution >= 0.6 is 24.0 Å². The SMILES string of the molecule is CCNC(=NCC(Cc1ccccc1)N(C)C)NCCCN1CCCCCC1=O.I. The van der Waals surface area contributed by atoms with Crippen LogP contribution in [0.1, 0.15) is 44.6 Å².